The van der Waals surface area contributed by atoms with Crippen molar-refractivity contribution >= 4 is 15.9 Å². The van der Waals surface area contributed by atoms with E-state index in [-0.39, 0.29) is 6.04 Å². The summed E-state index contributed by atoms with van der Waals surface area (Å²) in [5.74, 6) is 0.658. The number of halogens is 1. The van der Waals surface area contributed by atoms with Crippen LogP contribution in [0.5, 0.6) is 0 Å². The van der Waals surface area contributed by atoms with E-state index in [0.29, 0.717) is 5.92 Å². The van der Waals surface area contributed by atoms with Gasteiger partial charge in [-0.3, -0.25) is 4.98 Å². The third-order valence-corrected chi connectivity index (χ3v) is 2.47. The Kier molecular flexibility index (Phi) is 4.55. The highest BCUT2D eigenvalue weighted by Gasteiger charge is 2.06. The lowest BCUT2D eigenvalue weighted by Gasteiger charge is -2.13. The van der Waals surface area contributed by atoms with Crippen LogP contribution in [0.4, 0.5) is 0 Å². The van der Waals surface area contributed by atoms with Crippen LogP contribution in [0.2, 0.25) is 0 Å². The highest BCUT2D eigenvalue weighted by atomic mass is 79.9. The summed E-state index contributed by atoms with van der Waals surface area (Å²) in [5, 5.41) is 0. The Hall–Kier alpha value is -0.410. The Bertz CT molecular complexity index is 286. The van der Waals surface area contributed by atoms with E-state index < -0.39 is 0 Å². The van der Waals surface area contributed by atoms with Crippen molar-refractivity contribution in [1.82, 2.24) is 4.98 Å². The molecule has 0 aliphatic carbocycles. The van der Waals surface area contributed by atoms with E-state index >= 15 is 0 Å². The van der Waals surface area contributed by atoms with Gasteiger partial charge in [0, 0.05) is 22.9 Å². The maximum absolute atomic E-state index is 6.01. The van der Waals surface area contributed by atoms with Gasteiger partial charge in [0.2, 0.25) is 0 Å². The minimum absolute atomic E-state index is 0.242. The van der Waals surface area contributed by atoms with Crippen molar-refractivity contribution in [2.75, 3.05) is 0 Å². The second-order valence-electron chi connectivity index (χ2n) is 4.11. The van der Waals surface area contributed by atoms with E-state index in [4.69, 9.17) is 5.73 Å². The molecule has 1 atom stereocenters. The molecule has 1 rings (SSSR count). The van der Waals surface area contributed by atoms with Gasteiger partial charge in [0.05, 0.1) is 0 Å². The first kappa shape index (κ1) is 11.7. The molecule has 0 saturated heterocycles. The van der Waals surface area contributed by atoms with E-state index in [1.54, 1.807) is 6.20 Å². The molecule has 0 aliphatic heterocycles. The third-order valence-electron chi connectivity index (χ3n) is 2.03. The maximum atomic E-state index is 6.01. The Labute approximate surface area is 94.0 Å². The molecule has 1 unspecified atom stereocenters. The summed E-state index contributed by atoms with van der Waals surface area (Å²) in [4.78, 5) is 4.11. The third kappa shape index (κ3) is 4.20. The van der Waals surface area contributed by atoms with Crippen molar-refractivity contribution in [2.45, 2.75) is 32.7 Å². The van der Waals surface area contributed by atoms with Crippen LogP contribution in [0.1, 0.15) is 25.8 Å². The summed E-state index contributed by atoms with van der Waals surface area (Å²) in [7, 11) is 0. The number of hydrogen-bond acceptors (Lipinski definition) is 2. The lowest BCUT2D eigenvalue weighted by molar-refractivity contribution is 0.493. The fraction of sp³-hybridized carbons (Fsp3) is 0.545. The Morgan fingerprint density at radius 1 is 1.43 bits per heavy atom. The molecule has 1 aromatic heterocycles. The molecule has 0 amide bonds. The van der Waals surface area contributed by atoms with Gasteiger partial charge in [0.25, 0.3) is 0 Å². The van der Waals surface area contributed by atoms with Crippen molar-refractivity contribution in [3.63, 3.8) is 0 Å². The first-order valence-electron chi connectivity index (χ1n) is 4.93. The van der Waals surface area contributed by atoms with Crippen molar-refractivity contribution in [3.8, 4) is 0 Å². The summed E-state index contributed by atoms with van der Waals surface area (Å²) < 4.78 is 1.02. The van der Waals surface area contributed by atoms with Crippen molar-refractivity contribution in [1.29, 1.82) is 0 Å². The Morgan fingerprint density at radius 3 is 2.71 bits per heavy atom. The molecule has 0 saturated carbocycles. The van der Waals surface area contributed by atoms with Gasteiger partial charge in [0.1, 0.15) is 0 Å². The Morgan fingerprint density at radius 2 is 2.14 bits per heavy atom. The second-order valence-corrected chi connectivity index (χ2v) is 5.02. The zero-order valence-corrected chi connectivity index (χ0v) is 10.3. The SMILES string of the molecule is CC(C)CC(N)Cc1cncc(Br)c1. The van der Waals surface area contributed by atoms with Gasteiger partial charge >= 0.3 is 0 Å². The molecule has 0 spiro atoms. The standard InChI is InChI=1S/C11H17BrN2/c1-8(2)3-11(13)5-9-4-10(12)7-14-6-9/h4,6-8,11H,3,5,13H2,1-2H3. The smallest absolute Gasteiger partial charge is 0.0410 e. The predicted octanol–water partition coefficient (Wildman–Crippen LogP) is 2.76. The fourth-order valence-corrected chi connectivity index (χ4v) is 1.97. The molecule has 78 valence electrons. The number of nitrogens with two attached hydrogens (primary N) is 1. The van der Waals surface area contributed by atoms with Crippen LogP contribution in [0, 0.1) is 5.92 Å². The van der Waals surface area contributed by atoms with Gasteiger partial charge in [0.15, 0.2) is 0 Å². The van der Waals surface area contributed by atoms with Crippen LogP contribution in [0.15, 0.2) is 22.9 Å². The lowest BCUT2D eigenvalue weighted by Crippen LogP contribution is -2.24. The normalized spacial score (nSPS) is 13.2. The van der Waals surface area contributed by atoms with E-state index in [2.05, 4.69) is 40.8 Å². The van der Waals surface area contributed by atoms with Gasteiger partial charge in [-0.2, -0.15) is 0 Å². The molecule has 1 heterocycles. The molecule has 0 radical (unpaired) electrons. The minimum atomic E-state index is 0.242. The van der Waals surface area contributed by atoms with E-state index in [1.807, 2.05) is 6.20 Å². The summed E-state index contributed by atoms with van der Waals surface area (Å²) in [6.07, 6.45) is 5.64. The summed E-state index contributed by atoms with van der Waals surface area (Å²) in [5.41, 5.74) is 7.22. The number of aromatic nitrogens is 1. The fourth-order valence-electron chi connectivity index (χ4n) is 1.56. The molecule has 2 nitrogen and oxygen atoms in total. The number of nitrogens with zero attached hydrogens (tertiary/aromatic N) is 1. The van der Waals surface area contributed by atoms with Crippen LogP contribution < -0.4 is 5.73 Å². The van der Waals surface area contributed by atoms with Gasteiger partial charge in [-0.1, -0.05) is 13.8 Å². The first-order chi connectivity index (χ1) is 6.58. The molecule has 0 bridgehead atoms. The highest BCUT2D eigenvalue weighted by Crippen LogP contribution is 2.13. The summed E-state index contributed by atoms with van der Waals surface area (Å²) in [6.45, 7) is 4.39. The number of hydrogen-bond donors (Lipinski definition) is 1. The monoisotopic (exact) mass is 256 g/mol. The summed E-state index contributed by atoms with van der Waals surface area (Å²) >= 11 is 3.40. The van der Waals surface area contributed by atoms with Crippen LogP contribution in [0.25, 0.3) is 0 Å². The van der Waals surface area contributed by atoms with Gasteiger partial charge in [-0.15, -0.1) is 0 Å². The van der Waals surface area contributed by atoms with Crippen molar-refractivity contribution in [2.24, 2.45) is 11.7 Å². The lowest BCUT2D eigenvalue weighted by atomic mass is 9.99. The minimum Gasteiger partial charge on any atom is -0.327 e. The maximum Gasteiger partial charge on any atom is 0.0410 e. The van der Waals surface area contributed by atoms with Crippen LogP contribution in [-0.2, 0) is 6.42 Å². The van der Waals surface area contributed by atoms with Gasteiger partial charge in [-0.25, -0.2) is 0 Å². The van der Waals surface area contributed by atoms with Gasteiger partial charge < -0.3 is 5.73 Å². The van der Waals surface area contributed by atoms with E-state index in [1.165, 1.54) is 5.56 Å². The van der Waals surface area contributed by atoms with Crippen molar-refractivity contribution < 1.29 is 0 Å². The van der Waals surface area contributed by atoms with Crippen molar-refractivity contribution in [3.05, 3.63) is 28.5 Å². The molecule has 14 heavy (non-hydrogen) atoms. The zero-order chi connectivity index (χ0) is 10.6. The summed E-state index contributed by atoms with van der Waals surface area (Å²) in [6, 6.07) is 2.32. The largest absolute Gasteiger partial charge is 0.327 e. The zero-order valence-electron chi connectivity index (χ0n) is 8.70. The second kappa shape index (κ2) is 5.47. The van der Waals surface area contributed by atoms with Crippen LogP contribution in [0.3, 0.4) is 0 Å². The molecule has 3 heteroatoms. The number of rotatable bonds is 4. The molecular formula is C11H17BrN2. The number of pyridine rings is 1. The van der Waals surface area contributed by atoms with Gasteiger partial charge in [-0.05, 0) is 46.3 Å². The Balaban J connectivity index is 2.51. The van der Waals surface area contributed by atoms with Crippen LogP contribution >= 0.6 is 15.9 Å². The molecule has 2 N–H and O–H groups in total. The average molecular weight is 257 g/mol. The molecular weight excluding hydrogens is 240 g/mol. The molecule has 0 fully saturated rings. The highest BCUT2D eigenvalue weighted by molar-refractivity contribution is 9.10. The van der Waals surface area contributed by atoms with Crippen LogP contribution in [-0.4, -0.2) is 11.0 Å². The average Bonchev–Trinajstić information content (AvgIpc) is 2.01. The topological polar surface area (TPSA) is 38.9 Å². The molecule has 1 aromatic rings. The van der Waals surface area contributed by atoms with E-state index in [0.717, 1.165) is 17.3 Å². The predicted molar refractivity (Wildman–Crippen MR) is 63.1 cm³/mol. The molecule has 0 aliphatic rings. The van der Waals surface area contributed by atoms with E-state index in [9.17, 15) is 0 Å². The molecule has 0 aromatic carbocycles. The quantitative estimate of drug-likeness (QED) is 0.900. The first-order valence-corrected chi connectivity index (χ1v) is 5.72.